The number of anilines is 1. The van der Waals surface area contributed by atoms with Crippen LogP contribution < -0.4 is 16.8 Å². The zero-order valence-electron chi connectivity index (χ0n) is 9.55. The van der Waals surface area contributed by atoms with Crippen LogP contribution in [-0.4, -0.2) is 17.9 Å². The number of hydrogen-bond acceptors (Lipinski definition) is 4. The molecule has 1 heterocycles. The first kappa shape index (κ1) is 14.3. The van der Waals surface area contributed by atoms with Crippen molar-refractivity contribution in [1.29, 1.82) is 0 Å². The van der Waals surface area contributed by atoms with E-state index in [1.54, 1.807) is 0 Å². The Labute approximate surface area is 111 Å². The molecule has 2 atom stereocenters. The first-order valence-electron chi connectivity index (χ1n) is 5.29. The third kappa shape index (κ3) is 2.54. The molecule has 0 spiro atoms. The van der Waals surface area contributed by atoms with E-state index in [2.05, 4.69) is 5.32 Å². The van der Waals surface area contributed by atoms with Crippen molar-refractivity contribution in [2.24, 2.45) is 11.5 Å². The van der Waals surface area contributed by atoms with Crippen LogP contribution >= 0.6 is 12.4 Å². The number of fused-ring (bicyclic) bond motifs is 1. The Morgan fingerprint density at radius 1 is 1.44 bits per heavy atom. The van der Waals surface area contributed by atoms with Gasteiger partial charge in [0.05, 0.1) is 6.04 Å². The summed E-state index contributed by atoms with van der Waals surface area (Å²) in [7, 11) is 0. The average molecular weight is 268 g/mol. The zero-order valence-corrected chi connectivity index (χ0v) is 10.4. The van der Waals surface area contributed by atoms with Gasteiger partial charge in [0.2, 0.25) is 5.91 Å². The van der Waals surface area contributed by atoms with Crippen LogP contribution in [0.3, 0.4) is 0 Å². The van der Waals surface area contributed by atoms with E-state index in [9.17, 15) is 9.59 Å². The van der Waals surface area contributed by atoms with Crippen LogP contribution in [0.4, 0.5) is 5.69 Å². The molecule has 96 valence electrons. The summed E-state index contributed by atoms with van der Waals surface area (Å²) in [5, 5.41) is 2.96. The maximum absolute atomic E-state index is 11.0. The molecule has 0 saturated carbocycles. The van der Waals surface area contributed by atoms with Gasteiger partial charge in [-0.1, -0.05) is 18.2 Å². The molecular formula is C12H14ClN3O2. The van der Waals surface area contributed by atoms with E-state index in [0.717, 1.165) is 11.3 Å². The molecule has 0 aliphatic carbocycles. The molecular weight excluding hydrogens is 254 g/mol. The predicted molar refractivity (Wildman–Crippen MR) is 71.0 cm³/mol. The Morgan fingerprint density at radius 2 is 2.11 bits per heavy atom. The highest BCUT2D eigenvalue weighted by molar-refractivity contribution is 5.85. The van der Waals surface area contributed by atoms with Crippen molar-refractivity contribution in [3.8, 4) is 0 Å². The van der Waals surface area contributed by atoms with E-state index in [0.29, 0.717) is 12.1 Å². The topological polar surface area (TPSA) is 98.2 Å². The number of carbonyl (C=O) groups is 1. The number of carbonyl (C=O) groups excluding carboxylic acids is 2. The van der Waals surface area contributed by atoms with Crippen LogP contribution in [0.15, 0.2) is 30.0 Å². The zero-order chi connectivity index (χ0) is 12.4. The molecule has 0 fully saturated rings. The van der Waals surface area contributed by atoms with Gasteiger partial charge in [0.1, 0.15) is 11.6 Å². The summed E-state index contributed by atoms with van der Waals surface area (Å²) in [5.41, 5.74) is 13.0. The van der Waals surface area contributed by atoms with Gasteiger partial charge in [-0.15, -0.1) is 12.4 Å². The lowest BCUT2D eigenvalue weighted by Crippen LogP contribution is -2.37. The third-order valence-corrected chi connectivity index (χ3v) is 2.92. The molecule has 1 aromatic carbocycles. The molecule has 1 aromatic rings. The highest BCUT2D eigenvalue weighted by Gasteiger charge is 2.30. The minimum Gasteiger partial charge on any atom is -0.368 e. The summed E-state index contributed by atoms with van der Waals surface area (Å²) in [5.74, 6) is 1.05. The monoisotopic (exact) mass is 267 g/mol. The molecule has 5 N–H and O–H groups in total. The number of rotatable bonds is 3. The van der Waals surface area contributed by atoms with Gasteiger partial charge in [-0.25, -0.2) is 4.79 Å². The summed E-state index contributed by atoms with van der Waals surface area (Å²) in [6.45, 7) is 0. The van der Waals surface area contributed by atoms with Gasteiger partial charge < -0.3 is 16.8 Å². The number of halogens is 1. The minimum absolute atomic E-state index is 0. The molecule has 1 unspecified atom stereocenters. The van der Waals surface area contributed by atoms with Crippen LogP contribution in [0.1, 0.15) is 17.9 Å². The van der Waals surface area contributed by atoms with Crippen LogP contribution in [0.2, 0.25) is 0 Å². The number of hydrogen-bond donors (Lipinski definition) is 3. The van der Waals surface area contributed by atoms with Gasteiger partial charge in [0.25, 0.3) is 0 Å². The Bertz CT molecular complexity index is 512. The van der Waals surface area contributed by atoms with Crippen LogP contribution in [0, 0.1) is 0 Å². The molecule has 0 aromatic heterocycles. The lowest BCUT2D eigenvalue weighted by Gasteiger charge is -2.13. The van der Waals surface area contributed by atoms with Crippen LogP contribution in [0.25, 0.3) is 0 Å². The summed E-state index contributed by atoms with van der Waals surface area (Å²) >= 11 is 0. The fourth-order valence-electron chi connectivity index (χ4n) is 2.01. The number of nitrogens with one attached hydrogen (secondary N) is 1. The van der Waals surface area contributed by atoms with Crippen LogP contribution in [-0.2, 0) is 9.59 Å². The Balaban J connectivity index is 0.00000162. The number of para-hydroxylation sites is 1. The van der Waals surface area contributed by atoms with E-state index in [1.807, 2.05) is 30.2 Å². The van der Waals surface area contributed by atoms with Crippen molar-refractivity contribution in [2.45, 2.75) is 18.4 Å². The average Bonchev–Trinajstić information content (AvgIpc) is 2.67. The Kier molecular flexibility index (Phi) is 4.50. The first-order valence-corrected chi connectivity index (χ1v) is 5.29. The molecule has 0 saturated heterocycles. The van der Waals surface area contributed by atoms with Gasteiger partial charge in [0, 0.05) is 11.6 Å². The van der Waals surface area contributed by atoms with Crippen molar-refractivity contribution in [3.63, 3.8) is 0 Å². The molecule has 18 heavy (non-hydrogen) atoms. The Hall–Kier alpha value is -1.81. The second-order valence-electron chi connectivity index (χ2n) is 4.03. The number of amides is 1. The van der Waals surface area contributed by atoms with E-state index in [1.165, 1.54) is 0 Å². The first-order chi connectivity index (χ1) is 8.13. The highest BCUT2D eigenvalue weighted by Crippen LogP contribution is 2.39. The highest BCUT2D eigenvalue weighted by atomic mass is 35.5. The van der Waals surface area contributed by atoms with Gasteiger partial charge in [-0.05, 0) is 18.1 Å². The van der Waals surface area contributed by atoms with Gasteiger partial charge in [-0.2, -0.15) is 0 Å². The molecule has 1 aliphatic heterocycles. The summed E-state index contributed by atoms with van der Waals surface area (Å²) < 4.78 is 0. The van der Waals surface area contributed by atoms with Crippen molar-refractivity contribution in [1.82, 2.24) is 0 Å². The Morgan fingerprint density at radius 3 is 2.72 bits per heavy atom. The number of allylic oxidation sites excluding steroid dienone is 1. The van der Waals surface area contributed by atoms with Crippen molar-refractivity contribution in [3.05, 3.63) is 35.5 Å². The standard InChI is InChI=1S/C12H13N3O2.ClH/c13-9(12(14)17)5-8-7-3-1-2-4-10(7)15-11(8)6-16;/h1-4,8-9,15H,5,13H2,(H2,14,17);1H/t8?,9-;/m0./s1. The third-order valence-electron chi connectivity index (χ3n) is 2.92. The maximum atomic E-state index is 11.0. The second kappa shape index (κ2) is 5.69. The molecule has 6 heteroatoms. The quantitative estimate of drug-likeness (QED) is 0.696. The van der Waals surface area contributed by atoms with E-state index in [-0.39, 0.29) is 18.3 Å². The van der Waals surface area contributed by atoms with Gasteiger partial charge in [0.15, 0.2) is 0 Å². The summed E-state index contributed by atoms with van der Waals surface area (Å²) in [4.78, 5) is 21.8. The number of benzene rings is 1. The van der Waals surface area contributed by atoms with E-state index in [4.69, 9.17) is 11.5 Å². The lowest BCUT2D eigenvalue weighted by molar-refractivity contribution is -0.119. The largest absolute Gasteiger partial charge is 0.368 e. The number of primary amides is 1. The lowest BCUT2D eigenvalue weighted by atomic mass is 9.92. The number of nitrogens with two attached hydrogens (primary N) is 2. The van der Waals surface area contributed by atoms with Gasteiger partial charge >= 0.3 is 0 Å². The van der Waals surface area contributed by atoms with Gasteiger partial charge in [-0.3, -0.25) is 4.79 Å². The summed E-state index contributed by atoms with van der Waals surface area (Å²) in [6, 6.07) is 6.73. The predicted octanol–water partition coefficient (Wildman–Crippen LogP) is 0.536. The van der Waals surface area contributed by atoms with E-state index < -0.39 is 11.9 Å². The maximum Gasteiger partial charge on any atom is 0.234 e. The smallest absolute Gasteiger partial charge is 0.234 e. The fraction of sp³-hybridized carbons (Fsp3) is 0.250. The SMILES string of the molecule is Cl.NC(=O)[C@@H](N)CC1C(=C=O)Nc2ccccc21. The molecule has 1 amide bonds. The molecule has 5 nitrogen and oxygen atoms in total. The van der Waals surface area contributed by atoms with Crippen molar-refractivity contribution in [2.75, 3.05) is 5.32 Å². The normalized spacial score (nSPS) is 18.1. The van der Waals surface area contributed by atoms with Crippen LogP contribution in [0.5, 0.6) is 0 Å². The molecule has 0 bridgehead atoms. The molecule has 2 rings (SSSR count). The molecule has 1 aliphatic rings. The molecule has 0 radical (unpaired) electrons. The minimum atomic E-state index is -0.767. The van der Waals surface area contributed by atoms with Crippen molar-refractivity contribution >= 4 is 29.9 Å². The van der Waals surface area contributed by atoms with E-state index >= 15 is 0 Å². The second-order valence-corrected chi connectivity index (χ2v) is 4.03. The fourth-order valence-corrected chi connectivity index (χ4v) is 2.01. The van der Waals surface area contributed by atoms with Crippen molar-refractivity contribution < 1.29 is 9.59 Å². The summed E-state index contributed by atoms with van der Waals surface area (Å²) in [6.07, 6.45) is 0.309.